The van der Waals surface area contributed by atoms with E-state index >= 15 is 0 Å². The molecule has 1 aliphatic heterocycles. The van der Waals surface area contributed by atoms with Crippen LogP contribution in [0.2, 0.25) is 0 Å². The van der Waals surface area contributed by atoms with Crippen LogP contribution in [0, 0.1) is 5.82 Å². The second-order valence-corrected chi connectivity index (χ2v) is 6.48. The van der Waals surface area contributed by atoms with E-state index in [0.717, 1.165) is 10.0 Å². The van der Waals surface area contributed by atoms with Crippen LogP contribution in [0.3, 0.4) is 0 Å². The van der Waals surface area contributed by atoms with Gasteiger partial charge in [-0.15, -0.1) is 0 Å². The van der Waals surface area contributed by atoms with E-state index in [2.05, 4.69) is 26.4 Å². The van der Waals surface area contributed by atoms with Gasteiger partial charge in [-0.3, -0.25) is 10.1 Å². The van der Waals surface area contributed by atoms with Crippen molar-refractivity contribution in [2.24, 2.45) is 0 Å². The minimum Gasteiger partial charge on any atom is -0.368 e. The first-order valence-electron chi connectivity index (χ1n) is 7.56. The number of rotatable bonds is 4. The van der Waals surface area contributed by atoms with Crippen LogP contribution in [-0.2, 0) is 4.74 Å². The molecule has 1 aromatic heterocycles. The molecule has 1 atom stereocenters. The van der Waals surface area contributed by atoms with Gasteiger partial charge >= 0.3 is 0 Å². The van der Waals surface area contributed by atoms with Crippen LogP contribution in [-0.4, -0.2) is 17.7 Å². The minimum atomic E-state index is -0.402. The monoisotopic (exact) mass is 402 g/mol. The Labute approximate surface area is 150 Å². The number of anilines is 1. The number of nitrogens with zero attached hydrogens (tertiary/aromatic N) is 1. The Hall–Kier alpha value is -2.51. The fraction of sp³-hybridized carbons (Fsp3) is 0.111. The topological polar surface area (TPSA) is 67.7 Å². The molecule has 1 aliphatic rings. The number of aromatic nitrogens is 1. The Bertz CT molecular complexity index is 918. The molecule has 4 rings (SSSR count). The highest BCUT2D eigenvalue weighted by Gasteiger charge is 2.35. The number of amides is 1. The first-order valence-corrected chi connectivity index (χ1v) is 8.35. The average Bonchev–Trinajstić information content (AvgIpc) is 3.37. The molecule has 1 N–H and O–H groups in total. The van der Waals surface area contributed by atoms with Crippen molar-refractivity contribution >= 4 is 27.7 Å². The number of hydrogen-bond donors (Lipinski definition) is 1. The van der Waals surface area contributed by atoms with E-state index in [0.29, 0.717) is 23.4 Å². The maximum absolute atomic E-state index is 13.0. The molecular formula is C18H12BrFN2O3. The number of carbonyl (C=O) groups is 1. The molecule has 0 radical (unpaired) electrons. The number of ether oxygens (including phenoxy) is 1. The maximum atomic E-state index is 13.0. The molecule has 0 aliphatic carbocycles. The van der Waals surface area contributed by atoms with Crippen molar-refractivity contribution in [3.05, 3.63) is 69.9 Å². The van der Waals surface area contributed by atoms with Gasteiger partial charge in [0.25, 0.3) is 5.91 Å². The highest BCUT2D eigenvalue weighted by molar-refractivity contribution is 9.10. The Morgan fingerprint density at radius 2 is 1.84 bits per heavy atom. The lowest BCUT2D eigenvalue weighted by Gasteiger charge is -2.04. The Balaban J connectivity index is 1.65. The van der Waals surface area contributed by atoms with Crippen LogP contribution in [0.5, 0.6) is 0 Å². The van der Waals surface area contributed by atoms with Gasteiger partial charge in [0.15, 0.2) is 0 Å². The summed E-state index contributed by atoms with van der Waals surface area (Å²) in [6.07, 6.45) is -0.159. The lowest BCUT2D eigenvalue weighted by atomic mass is 10.1. The van der Waals surface area contributed by atoms with Crippen molar-refractivity contribution in [3.8, 4) is 11.3 Å². The number of hydrogen-bond acceptors (Lipinski definition) is 4. The molecule has 0 saturated carbocycles. The van der Waals surface area contributed by atoms with E-state index < -0.39 is 11.7 Å². The Morgan fingerprint density at radius 1 is 1.16 bits per heavy atom. The minimum absolute atomic E-state index is 0.159. The zero-order chi connectivity index (χ0) is 17.4. The molecule has 0 bridgehead atoms. The molecule has 5 nitrogen and oxygen atoms in total. The number of epoxide rings is 1. The molecule has 1 amide bonds. The van der Waals surface area contributed by atoms with E-state index in [4.69, 9.17) is 9.26 Å². The zero-order valence-electron chi connectivity index (χ0n) is 12.8. The van der Waals surface area contributed by atoms with Crippen LogP contribution in [0.1, 0.15) is 22.0 Å². The SMILES string of the molecule is O=C(Nc1onc(-c2ccc(Br)cc2)c1C1CO1)c1ccc(F)cc1. The molecule has 1 fully saturated rings. The fourth-order valence-corrected chi connectivity index (χ4v) is 2.76. The molecule has 1 unspecified atom stereocenters. The summed E-state index contributed by atoms with van der Waals surface area (Å²) in [5.74, 6) is -0.559. The maximum Gasteiger partial charge on any atom is 0.258 e. The summed E-state index contributed by atoms with van der Waals surface area (Å²) in [4.78, 5) is 12.3. The van der Waals surface area contributed by atoms with E-state index in [1.807, 2.05) is 24.3 Å². The van der Waals surface area contributed by atoms with Crippen LogP contribution >= 0.6 is 15.9 Å². The summed E-state index contributed by atoms with van der Waals surface area (Å²) in [5.41, 5.74) is 2.52. The highest BCUT2D eigenvalue weighted by atomic mass is 79.9. The lowest BCUT2D eigenvalue weighted by molar-refractivity contribution is 0.102. The largest absolute Gasteiger partial charge is 0.368 e. The standard InChI is InChI=1S/C18H12BrFN2O3/c19-12-5-1-10(2-6-12)16-15(14-9-24-14)18(25-22-16)21-17(23)11-3-7-13(20)8-4-11/h1-8,14H,9H2,(H,21,23). The van der Waals surface area contributed by atoms with Crippen molar-refractivity contribution in [2.75, 3.05) is 11.9 Å². The number of nitrogens with one attached hydrogen (secondary N) is 1. The van der Waals surface area contributed by atoms with Crippen molar-refractivity contribution in [1.29, 1.82) is 0 Å². The van der Waals surface area contributed by atoms with Crippen LogP contribution in [0.4, 0.5) is 10.3 Å². The molecule has 0 spiro atoms. The molecule has 2 aromatic carbocycles. The molecule has 25 heavy (non-hydrogen) atoms. The third-order valence-electron chi connectivity index (χ3n) is 3.83. The summed E-state index contributed by atoms with van der Waals surface area (Å²) in [7, 11) is 0. The summed E-state index contributed by atoms with van der Waals surface area (Å²) in [5, 5.41) is 6.78. The smallest absolute Gasteiger partial charge is 0.258 e. The Morgan fingerprint density at radius 3 is 2.48 bits per heavy atom. The third kappa shape index (κ3) is 3.33. The second kappa shape index (κ2) is 6.42. The van der Waals surface area contributed by atoms with E-state index in [9.17, 15) is 9.18 Å². The van der Waals surface area contributed by atoms with E-state index in [1.165, 1.54) is 24.3 Å². The molecule has 3 aromatic rings. The normalized spacial score (nSPS) is 15.8. The van der Waals surface area contributed by atoms with E-state index in [1.54, 1.807) is 0 Å². The first kappa shape index (κ1) is 16.0. The first-order chi connectivity index (χ1) is 12.1. The average molecular weight is 403 g/mol. The van der Waals surface area contributed by atoms with Gasteiger partial charge in [-0.2, -0.15) is 0 Å². The van der Waals surface area contributed by atoms with Gasteiger partial charge in [0.1, 0.15) is 17.6 Å². The van der Waals surface area contributed by atoms with Gasteiger partial charge in [0.05, 0.1) is 12.2 Å². The lowest BCUT2D eigenvalue weighted by Crippen LogP contribution is -2.12. The number of carbonyl (C=O) groups excluding carboxylic acids is 1. The predicted molar refractivity (Wildman–Crippen MR) is 92.7 cm³/mol. The number of halogens is 2. The third-order valence-corrected chi connectivity index (χ3v) is 4.36. The van der Waals surface area contributed by atoms with Gasteiger partial charge in [-0.05, 0) is 36.4 Å². The van der Waals surface area contributed by atoms with Gasteiger partial charge in [0.2, 0.25) is 5.88 Å². The summed E-state index contributed by atoms with van der Waals surface area (Å²) >= 11 is 3.39. The molecule has 2 heterocycles. The van der Waals surface area contributed by atoms with Crippen LogP contribution < -0.4 is 5.32 Å². The molecule has 7 heteroatoms. The quantitative estimate of drug-likeness (QED) is 0.649. The summed E-state index contributed by atoms with van der Waals surface area (Å²) in [6, 6.07) is 12.9. The van der Waals surface area contributed by atoms with E-state index in [-0.39, 0.29) is 12.0 Å². The van der Waals surface area contributed by atoms with Gasteiger partial charge in [-0.1, -0.05) is 33.2 Å². The van der Waals surface area contributed by atoms with Crippen LogP contribution in [0.15, 0.2) is 57.5 Å². The fourth-order valence-electron chi connectivity index (χ4n) is 2.49. The number of benzene rings is 2. The molecule has 1 saturated heterocycles. The molecular weight excluding hydrogens is 391 g/mol. The Kier molecular flexibility index (Phi) is 4.10. The van der Waals surface area contributed by atoms with Crippen molar-refractivity contribution < 1.29 is 18.4 Å². The van der Waals surface area contributed by atoms with Crippen molar-refractivity contribution in [3.63, 3.8) is 0 Å². The summed E-state index contributed by atoms with van der Waals surface area (Å²) < 4.78 is 24.7. The van der Waals surface area contributed by atoms with Crippen molar-refractivity contribution in [2.45, 2.75) is 6.10 Å². The highest BCUT2D eigenvalue weighted by Crippen LogP contribution is 2.41. The second-order valence-electron chi connectivity index (χ2n) is 5.56. The van der Waals surface area contributed by atoms with Gasteiger partial charge < -0.3 is 9.26 Å². The van der Waals surface area contributed by atoms with Crippen LogP contribution in [0.25, 0.3) is 11.3 Å². The predicted octanol–water partition coefficient (Wildman–Crippen LogP) is 4.57. The van der Waals surface area contributed by atoms with Crippen molar-refractivity contribution in [1.82, 2.24) is 5.16 Å². The van der Waals surface area contributed by atoms with Gasteiger partial charge in [0, 0.05) is 15.6 Å². The molecule has 126 valence electrons. The van der Waals surface area contributed by atoms with Gasteiger partial charge in [-0.25, -0.2) is 4.39 Å². The summed E-state index contributed by atoms with van der Waals surface area (Å²) in [6.45, 7) is 0.546. The zero-order valence-corrected chi connectivity index (χ0v) is 14.4.